The van der Waals surface area contributed by atoms with Gasteiger partial charge in [-0.25, -0.2) is 8.42 Å². The third kappa shape index (κ3) is 6.51. The summed E-state index contributed by atoms with van der Waals surface area (Å²) in [4.78, 5) is 27.9. The number of hydrogen-bond acceptors (Lipinski definition) is 5. The lowest BCUT2D eigenvalue weighted by molar-refractivity contribution is -0.134. The smallest absolute Gasteiger partial charge is 0.251 e. The summed E-state index contributed by atoms with van der Waals surface area (Å²) < 4.78 is 32.4. The summed E-state index contributed by atoms with van der Waals surface area (Å²) in [6.45, 7) is 10.3. The highest BCUT2D eigenvalue weighted by Gasteiger charge is 2.30. The van der Waals surface area contributed by atoms with Crippen LogP contribution in [0, 0.1) is 5.92 Å². The van der Waals surface area contributed by atoms with E-state index >= 15 is 0 Å². The van der Waals surface area contributed by atoms with E-state index in [-0.39, 0.29) is 35.4 Å². The molecule has 1 atom stereocenters. The van der Waals surface area contributed by atoms with Crippen LogP contribution in [0.25, 0.3) is 0 Å². The predicted molar refractivity (Wildman–Crippen MR) is 119 cm³/mol. The van der Waals surface area contributed by atoms with Crippen LogP contribution < -0.4 is 5.32 Å². The Kier molecular flexibility index (Phi) is 9.46. The van der Waals surface area contributed by atoms with Crippen molar-refractivity contribution in [3.63, 3.8) is 0 Å². The van der Waals surface area contributed by atoms with Gasteiger partial charge >= 0.3 is 0 Å². The van der Waals surface area contributed by atoms with Crippen LogP contribution in [0.1, 0.15) is 50.9 Å². The first-order valence-corrected chi connectivity index (χ1v) is 12.4. The molecule has 1 heterocycles. The molecular weight excluding hydrogens is 418 g/mol. The lowest BCUT2D eigenvalue weighted by Gasteiger charge is -2.29. The fourth-order valence-corrected chi connectivity index (χ4v) is 5.00. The van der Waals surface area contributed by atoms with E-state index in [1.165, 1.54) is 16.4 Å². The minimum absolute atomic E-state index is 0.0630. The first-order chi connectivity index (χ1) is 14.7. The summed E-state index contributed by atoms with van der Waals surface area (Å²) in [5.74, 6) is -0.670. The number of sulfonamides is 1. The van der Waals surface area contributed by atoms with Gasteiger partial charge in [0.25, 0.3) is 5.91 Å². The molecule has 1 aromatic carbocycles. The third-order valence-corrected chi connectivity index (χ3v) is 7.12. The zero-order valence-corrected chi connectivity index (χ0v) is 19.8. The van der Waals surface area contributed by atoms with Crippen LogP contribution in [-0.4, -0.2) is 74.9 Å². The minimum atomic E-state index is -3.71. The molecule has 0 radical (unpaired) electrons. The molecule has 0 saturated carbocycles. The number of hydrogen-bond donors (Lipinski definition) is 1. The standard InChI is InChI=1S/C22H35N3O5S/c1-5-10-24(11-6-2)22(27)20(17(3)4)23-21(26)18-8-7-9-19(16-18)31(28,29)25-12-14-30-15-13-25/h7-9,16-17,20H,5-6,10-15H2,1-4H3,(H,23,26). The normalized spacial score (nSPS) is 16.2. The molecule has 31 heavy (non-hydrogen) atoms. The number of morpholine rings is 1. The Balaban J connectivity index is 2.21. The van der Waals surface area contributed by atoms with Gasteiger partial charge in [-0.05, 0) is 37.0 Å². The number of nitrogens with one attached hydrogen (secondary N) is 1. The molecule has 0 spiro atoms. The monoisotopic (exact) mass is 453 g/mol. The van der Waals surface area contributed by atoms with Crippen molar-refractivity contribution < 1.29 is 22.7 Å². The summed E-state index contributed by atoms with van der Waals surface area (Å²) in [5.41, 5.74) is 0.213. The second kappa shape index (κ2) is 11.6. The molecule has 1 aliphatic rings. The molecule has 1 fully saturated rings. The Labute approximate surface area is 186 Å². The van der Waals surface area contributed by atoms with Crippen molar-refractivity contribution in [2.24, 2.45) is 5.92 Å². The van der Waals surface area contributed by atoms with Crippen molar-refractivity contribution in [3.8, 4) is 0 Å². The molecule has 1 unspecified atom stereocenters. The number of carbonyl (C=O) groups is 2. The first kappa shape index (κ1) is 25.3. The highest BCUT2D eigenvalue weighted by atomic mass is 32.2. The fraction of sp³-hybridized carbons (Fsp3) is 0.636. The Morgan fingerprint density at radius 3 is 2.29 bits per heavy atom. The largest absolute Gasteiger partial charge is 0.379 e. The first-order valence-electron chi connectivity index (χ1n) is 11.0. The summed E-state index contributed by atoms with van der Waals surface area (Å²) >= 11 is 0. The van der Waals surface area contributed by atoms with Crippen molar-refractivity contribution in [1.29, 1.82) is 0 Å². The summed E-state index contributed by atoms with van der Waals surface area (Å²) in [5, 5.41) is 2.83. The van der Waals surface area contributed by atoms with E-state index in [9.17, 15) is 18.0 Å². The zero-order chi connectivity index (χ0) is 23.0. The lowest BCUT2D eigenvalue weighted by atomic mass is 10.0. The highest BCUT2D eigenvalue weighted by Crippen LogP contribution is 2.19. The number of amides is 2. The average Bonchev–Trinajstić information content (AvgIpc) is 2.77. The Hall–Kier alpha value is -1.97. The summed E-state index contributed by atoms with van der Waals surface area (Å²) in [7, 11) is -3.71. The molecule has 174 valence electrons. The topological polar surface area (TPSA) is 96.0 Å². The van der Waals surface area contributed by atoms with E-state index in [1.807, 2.05) is 27.7 Å². The average molecular weight is 454 g/mol. The van der Waals surface area contributed by atoms with Crippen LogP contribution >= 0.6 is 0 Å². The molecule has 8 nitrogen and oxygen atoms in total. The van der Waals surface area contributed by atoms with E-state index in [0.29, 0.717) is 26.3 Å². The van der Waals surface area contributed by atoms with E-state index in [1.54, 1.807) is 17.0 Å². The van der Waals surface area contributed by atoms with E-state index in [4.69, 9.17) is 4.74 Å². The SMILES string of the molecule is CCCN(CCC)C(=O)C(NC(=O)c1cccc(S(=O)(=O)N2CCOCC2)c1)C(C)C. The van der Waals surface area contributed by atoms with Crippen molar-refractivity contribution >= 4 is 21.8 Å². The molecule has 1 aromatic rings. The van der Waals surface area contributed by atoms with Crippen LogP contribution in [0.5, 0.6) is 0 Å². The van der Waals surface area contributed by atoms with Crippen LogP contribution in [-0.2, 0) is 19.6 Å². The number of benzene rings is 1. The van der Waals surface area contributed by atoms with E-state index in [2.05, 4.69) is 5.32 Å². The van der Waals surface area contributed by atoms with Gasteiger partial charge in [-0.1, -0.05) is 33.8 Å². The maximum absolute atomic E-state index is 13.1. The Bertz CT molecular complexity index is 844. The van der Waals surface area contributed by atoms with E-state index in [0.717, 1.165) is 12.8 Å². The number of nitrogens with zero attached hydrogens (tertiary/aromatic N) is 2. The number of rotatable bonds is 10. The molecule has 1 saturated heterocycles. The molecule has 9 heteroatoms. The molecular formula is C22H35N3O5S. The molecule has 2 rings (SSSR count). The Morgan fingerprint density at radius 2 is 1.74 bits per heavy atom. The highest BCUT2D eigenvalue weighted by molar-refractivity contribution is 7.89. The van der Waals surface area contributed by atoms with Crippen molar-refractivity contribution in [2.45, 2.75) is 51.5 Å². The maximum atomic E-state index is 13.1. The van der Waals surface area contributed by atoms with Gasteiger partial charge in [0, 0.05) is 31.7 Å². The molecule has 2 amide bonds. The molecule has 0 aliphatic carbocycles. The van der Waals surface area contributed by atoms with Gasteiger partial charge in [0.1, 0.15) is 6.04 Å². The second-order valence-electron chi connectivity index (χ2n) is 8.06. The van der Waals surface area contributed by atoms with Gasteiger partial charge in [0.05, 0.1) is 18.1 Å². The van der Waals surface area contributed by atoms with Gasteiger partial charge < -0.3 is 15.0 Å². The zero-order valence-electron chi connectivity index (χ0n) is 19.0. The molecule has 1 aliphatic heterocycles. The van der Waals surface area contributed by atoms with Gasteiger partial charge in [0.15, 0.2) is 0 Å². The van der Waals surface area contributed by atoms with Gasteiger partial charge in [0.2, 0.25) is 15.9 Å². The molecule has 1 N–H and O–H groups in total. The van der Waals surface area contributed by atoms with Gasteiger partial charge in [-0.3, -0.25) is 9.59 Å². The molecule has 0 aromatic heterocycles. The number of carbonyl (C=O) groups excluding carboxylic acids is 2. The fourth-order valence-electron chi connectivity index (χ4n) is 3.54. The van der Waals surface area contributed by atoms with E-state index < -0.39 is 22.0 Å². The predicted octanol–water partition coefficient (Wildman–Crippen LogP) is 2.11. The van der Waals surface area contributed by atoms with Crippen LogP contribution in [0.4, 0.5) is 0 Å². The van der Waals surface area contributed by atoms with Crippen molar-refractivity contribution in [2.75, 3.05) is 39.4 Å². The second-order valence-corrected chi connectivity index (χ2v) is 10.0. The Morgan fingerprint density at radius 1 is 1.13 bits per heavy atom. The lowest BCUT2D eigenvalue weighted by Crippen LogP contribution is -2.51. The third-order valence-electron chi connectivity index (χ3n) is 5.22. The van der Waals surface area contributed by atoms with Crippen molar-refractivity contribution in [3.05, 3.63) is 29.8 Å². The maximum Gasteiger partial charge on any atom is 0.251 e. The quantitative estimate of drug-likeness (QED) is 0.585. The summed E-state index contributed by atoms with van der Waals surface area (Å²) in [6, 6.07) is 5.29. The van der Waals surface area contributed by atoms with Gasteiger partial charge in [-0.15, -0.1) is 0 Å². The van der Waals surface area contributed by atoms with Crippen molar-refractivity contribution in [1.82, 2.24) is 14.5 Å². The van der Waals surface area contributed by atoms with Gasteiger partial charge in [-0.2, -0.15) is 4.31 Å². The summed E-state index contributed by atoms with van der Waals surface area (Å²) in [6.07, 6.45) is 1.68. The van der Waals surface area contributed by atoms with Crippen LogP contribution in [0.2, 0.25) is 0 Å². The van der Waals surface area contributed by atoms with Crippen LogP contribution in [0.15, 0.2) is 29.2 Å². The van der Waals surface area contributed by atoms with Crippen LogP contribution in [0.3, 0.4) is 0 Å². The minimum Gasteiger partial charge on any atom is -0.379 e. The molecule has 0 bridgehead atoms. The number of ether oxygens (including phenoxy) is 1.